The van der Waals surface area contributed by atoms with Gasteiger partial charge < -0.3 is 14.7 Å². The fourth-order valence-corrected chi connectivity index (χ4v) is 3.18. The maximum absolute atomic E-state index is 12.4. The van der Waals surface area contributed by atoms with Gasteiger partial charge in [-0.05, 0) is 19.8 Å². The number of hydrogen-bond donors (Lipinski definition) is 1. The van der Waals surface area contributed by atoms with Gasteiger partial charge in [-0.25, -0.2) is 0 Å². The van der Waals surface area contributed by atoms with Gasteiger partial charge in [-0.3, -0.25) is 9.59 Å². The van der Waals surface area contributed by atoms with Crippen molar-refractivity contribution in [1.29, 1.82) is 0 Å². The zero-order valence-electron chi connectivity index (χ0n) is 11.6. The molecule has 1 N–H and O–H groups in total. The second-order valence-electron chi connectivity index (χ2n) is 5.83. The van der Waals surface area contributed by atoms with E-state index in [1.54, 1.807) is 4.90 Å². The van der Waals surface area contributed by atoms with Crippen LogP contribution in [0.2, 0.25) is 0 Å². The molecule has 0 bridgehead atoms. The van der Waals surface area contributed by atoms with E-state index in [9.17, 15) is 14.7 Å². The van der Waals surface area contributed by atoms with Crippen molar-refractivity contribution < 1.29 is 19.4 Å². The van der Waals surface area contributed by atoms with Crippen molar-refractivity contribution in [2.75, 3.05) is 19.8 Å². The lowest BCUT2D eigenvalue weighted by Gasteiger charge is -2.38. The maximum Gasteiger partial charge on any atom is 0.310 e. The number of morpholine rings is 1. The molecule has 0 radical (unpaired) electrons. The van der Waals surface area contributed by atoms with Crippen LogP contribution in [0.5, 0.6) is 0 Å². The molecule has 2 fully saturated rings. The van der Waals surface area contributed by atoms with Gasteiger partial charge >= 0.3 is 5.97 Å². The lowest BCUT2D eigenvalue weighted by atomic mass is 9.71. The number of carboxylic acid groups (broad SMARTS) is 1. The number of nitrogens with zero attached hydrogens (tertiary/aromatic N) is 1. The summed E-state index contributed by atoms with van der Waals surface area (Å²) < 4.78 is 5.31. The number of carbonyl (C=O) groups excluding carboxylic acids is 1. The van der Waals surface area contributed by atoms with Crippen LogP contribution in [0.1, 0.15) is 45.4 Å². The lowest BCUT2D eigenvalue weighted by molar-refractivity contribution is -0.158. The molecule has 1 aliphatic carbocycles. The molecule has 108 valence electrons. The minimum absolute atomic E-state index is 0.0277. The van der Waals surface area contributed by atoms with E-state index in [1.807, 2.05) is 6.92 Å². The maximum atomic E-state index is 12.4. The van der Waals surface area contributed by atoms with Crippen molar-refractivity contribution in [2.24, 2.45) is 5.41 Å². The summed E-state index contributed by atoms with van der Waals surface area (Å²) in [5.41, 5.74) is -0.826. The summed E-state index contributed by atoms with van der Waals surface area (Å²) in [4.78, 5) is 25.8. The monoisotopic (exact) mass is 269 g/mol. The van der Waals surface area contributed by atoms with Gasteiger partial charge in [0.25, 0.3) is 0 Å². The number of rotatable bonds is 3. The normalized spacial score (nSPS) is 27.0. The lowest BCUT2D eigenvalue weighted by Crippen LogP contribution is -2.49. The van der Waals surface area contributed by atoms with Crippen molar-refractivity contribution in [3.63, 3.8) is 0 Å². The first-order valence-electron chi connectivity index (χ1n) is 7.16. The molecule has 0 spiro atoms. The van der Waals surface area contributed by atoms with Crippen LogP contribution in [-0.2, 0) is 14.3 Å². The molecule has 5 heteroatoms. The van der Waals surface area contributed by atoms with Crippen LogP contribution >= 0.6 is 0 Å². The molecule has 0 unspecified atom stereocenters. The average molecular weight is 269 g/mol. The number of carbonyl (C=O) groups is 2. The van der Waals surface area contributed by atoms with Gasteiger partial charge in [0.2, 0.25) is 5.91 Å². The number of aliphatic carboxylic acids is 1. The van der Waals surface area contributed by atoms with E-state index in [-0.39, 0.29) is 18.4 Å². The first-order valence-corrected chi connectivity index (χ1v) is 7.16. The summed E-state index contributed by atoms with van der Waals surface area (Å²) in [5.74, 6) is -0.832. The fraction of sp³-hybridized carbons (Fsp3) is 0.857. The highest BCUT2D eigenvalue weighted by molar-refractivity contribution is 5.85. The quantitative estimate of drug-likeness (QED) is 0.846. The van der Waals surface area contributed by atoms with Gasteiger partial charge in [0.15, 0.2) is 0 Å². The Balaban J connectivity index is 2.04. The highest BCUT2D eigenvalue weighted by atomic mass is 16.5. The van der Waals surface area contributed by atoms with E-state index >= 15 is 0 Å². The Kier molecular flexibility index (Phi) is 4.45. The molecule has 1 saturated carbocycles. The highest BCUT2D eigenvalue weighted by Gasteiger charge is 2.43. The minimum Gasteiger partial charge on any atom is -0.481 e. The third-order valence-corrected chi connectivity index (χ3v) is 4.44. The zero-order valence-corrected chi connectivity index (χ0v) is 11.6. The molecular weight excluding hydrogens is 246 g/mol. The number of carboxylic acids is 1. The highest BCUT2D eigenvalue weighted by Crippen LogP contribution is 2.40. The van der Waals surface area contributed by atoms with Crippen LogP contribution in [-0.4, -0.2) is 47.7 Å². The van der Waals surface area contributed by atoms with Crippen molar-refractivity contribution in [3.8, 4) is 0 Å². The Labute approximate surface area is 113 Å². The average Bonchev–Trinajstić information content (AvgIpc) is 2.40. The van der Waals surface area contributed by atoms with Crippen LogP contribution in [0, 0.1) is 5.41 Å². The fourth-order valence-electron chi connectivity index (χ4n) is 3.18. The van der Waals surface area contributed by atoms with Crippen molar-refractivity contribution in [3.05, 3.63) is 0 Å². The summed E-state index contributed by atoms with van der Waals surface area (Å²) in [5, 5.41) is 9.51. The molecule has 0 aromatic rings. The Hall–Kier alpha value is -1.10. The molecule has 0 aromatic carbocycles. The van der Waals surface area contributed by atoms with E-state index in [2.05, 4.69) is 0 Å². The molecular formula is C14H23NO4. The molecule has 1 aliphatic heterocycles. The van der Waals surface area contributed by atoms with Gasteiger partial charge in [-0.15, -0.1) is 0 Å². The van der Waals surface area contributed by atoms with Crippen LogP contribution in [0.4, 0.5) is 0 Å². The number of ether oxygens (including phenoxy) is 1. The molecule has 0 aromatic heterocycles. The first-order chi connectivity index (χ1) is 9.05. The number of amides is 1. The van der Waals surface area contributed by atoms with Gasteiger partial charge in [0.05, 0.1) is 24.7 Å². The number of hydrogen-bond acceptors (Lipinski definition) is 3. The first kappa shape index (κ1) is 14.3. The molecule has 1 atom stereocenters. The summed E-state index contributed by atoms with van der Waals surface area (Å²) in [6.07, 6.45) is 4.32. The standard InChI is InChI=1S/C14H23NO4/c1-11-10-19-8-7-15(11)12(16)9-14(13(17)18)5-3-2-4-6-14/h11H,2-10H2,1H3,(H,17,18)/t11-/m1/s1. The zero-order chi connectivity index (χ0) is 13.9. The molecule has 2 aliphatic rings. The molecule has 1 saturated heterocycles. The third-order valence-electron chi connectivity index (χ3n) is 4.44. The largest absolute Gasteiger partial charge is 0.481 e. The Morgan fingerprint density at radius 3 is 2.58 bits per heavy atom. The van der Waals surface area contributed by atoms with E-state index in [1.165, 1.54) is 0 Å². The molecule has 1 amide bonds. The molecule has 2 rings (SSSR count). The van der Waals surface area contributed by atoms with Crippen molar-refractivity contribution >= 4 is 11.9 Å². The van der Waals surface area contributed by atoms with Crippen molar-refractivity contribution in [1.82, 2.24) is 4.90 Å². The summed E-state index contributed by atoms with van der Waals surface area (Å²) in [6.45, 7) is 3.63. The van der Waals surface area contributed by atoms with Crippen molar-refractivity contribution in [2.45, 2.75) is 51.5 Å². The van der Waals surface area contributed by atoms with Crippen LogP contribution in [0.3, 0.4) is 0 Å². The Bertz CT molecular complexity index is 349. The second-order valence-corrected chi connectivity index (χ2v) is 5.83. The van der Waals surface area contributed by atoms with Crippen LogP contribution in [0.25, 0.3) is 0 Å². The summed E-state index contributed by atoms with van der Waals surface area (Å²) >= 11 is 0. The van der Waals surface area contributed by atoms with Gasteiger partial charge in [0, 0.05) is 13.0 Å². The SMILES string of the molecule is C[C@@H]1COCCN1C(=O)CC1(C(=O)O)CCCCC1. The van der Waals surface area contributed by atoms with Gasteiger partial charge in [0.1, 0.15) is 0 Å². The van der Waals surface area contributed by atoms with Crippen LogP contribution in [0.15, 0.2) is 0 Å². The van der Waals surface area contributed by atoms with Gasteiger partial charge in [-0.1, -0.05) is 19.3 Å². The van der Waals surface area contributed by atoms with E-state index in [4.69, 9.17) is 4.74 Å². The minimum atomic E-state index is -0.826. The molecule has 5 nitrogen and oxygen atoms in total. The third kappa shape index (κ3) is 3.08. The Morgan fingerprint density at radius 1 is 1.32 bits per heavy atom. The van der Waals surface area contributed by atoms with E-state index in [0.29, 0.717) is 32.6 Å². The van der Waals surface area contributed by atoms with Gasteiger partial charge in [-0.2, -0.15) is 0 Å². The molecule has 1 heterocycles. The Morgan fingerprint density at radius 2 is 2.00 bits per heavy atom. The van der Waals surface area contributed by atoms with E-state index < -0.39 is 11.4 Å². The molecule has 19 heavy (non-hydrogen) atoms. The predicted molar refractivity (Wildman–Crippen MR) is 69.8 cm³/mol. The van der Waals surface area contributed by atoms with E-state index in [0.717, 1.165) is 19.3 Å². The topological polar surface area (TPSA) is 66.8 Å². The predicted octanol–water partition coefficient (Wildman–Crippen LogP) is 1.66. The summed E-state index contributed by atoms with van der Waals surface area (Å²) in [6, 6.07) is 0.0516. The second kappa shape index (κ2) is 5.90. The smallest absolute Gasteiger partial charge is 0.310 e. The van der Waals surface area contributed by atoms with Crippen LogP contribution < -0.4 is 0 Å². The summed E-state index contributed by atoms with van der Waals surface area (Å²) in [7, 11) is 0.